The average Bonchev–Trinajstić information content (AvgIpc) is 2.33. The topological polar surface area (TPSA) is 35.8 Å². The van der Waals surface area contributed by atoms with Crippen LogP contribution in [0.5, 0.6) is 0 Å². The van der Waals surface area contributed by atoms with Gasteiger partial charge in [-0.25, -0.2) is 4.39 Å². The highest BCUT2D eigenvalue weighted by Gasteiger charge is 2.02. The minimum absolute atomic E-state index is 0.295. The molecule has 0 saturated carbocycles. The van der Waals surface area contributed by atoms with Crippen LogP contribution in [-0.4, -0.2) is 0 Å². The molecule has 0 aliphatic carbocycles. The van der Waals surface area contributed by atoms with Crippen LogP contribution < -0.4 is 5.32 Å². The van der Waals surface area contributed by atoms with Crippen molar-refractivity contribution in [2.75, 3.05) is 5.32 Å². The Morgan fingerprint density at radius 3 is 2.61 bits per heavy atom. The number of halogens is 2. The first-order chi connectivity index (χ1) is 8.58. The van der Waals surface area contributed by atoms with E-state index in [0.717, 1.165) is 15.7 Å². The zero-order chi connectivity index (χ0) is 13.1. The zero-order valence-corrected chi connectivity index (χ0v) is 11.3. The summed E-state index contributed by atoms with van der Waals surface area (Å²) in [7, 11) is 0. The lowest BCUT2D eigenvalue weighted by molar-refractivity contribution is 0.628. The van der Waals surface area contributed by atoms with Crippen LogP contribution in [0.3, 0.4) is 0 Å². The van der Waals surface area contributed by atoms with Gasteiger partial charge in [0.15, 0.2) is 0 Å². The largest absolute Gasteiger partial charge is 0.355 e. The van der Waals surface area contributed by atoms with Crippen LogP contribution in [-0.2, 0) is 0 Å². The smallest absolute Gasteiger partial charge is 0.126 e. The second-order valence-electron chi connectivity index (χ2n) is 3.93. The first-order valence-corrected chi connectivity index (χ1v) is 6.11. The SMILES string of the molecule is Cc1ccc(Nc2cc(F)cc(C#N)c2)cc1Br. The summed E-state index contributed by atoms with van der Waals surface area (Å²) in [5.74, 6) is -0.428. The van der Waals surface area contributed by atoms with Gasteiger partial charge in [-0.15, -0.1) is 0 Å². The molecule has 0 heterocycles. The Bertz CT molecular complexity index is 632. The van der Waals surface area contributed by atoms with Crippen LogP contribution in [0.15, 0.2) is 40.9 Å². The molecule has 0 bridgehead atoms. The highest BCUT2D eigenvalue weighted by atomic mass is 79.9. The molecule has 2 rings (SSSR count). The van der Waals surface area contributed by atoms with Crippen molar-refractivity contribution < 1.29 is 4.39 Å². The molecule has 0 fully saturated rings. The zero-order valence-electron chi connectivity index (χ0n) is 9.67. The summed E-state index contributed by atoms with van der Waals surface area (Å²) in [5.41, 5.74) is 2.81. The molecule has 0 aromatic heterocycles. The van der Waals surface area contributed by atoms with Gasteiger partial charge < -0.3 is 5.32 Å². The van der Waals surface area contributed by atoms with Gasteiger partial charge >= 0.3 is 0 Å². The molecule has 0 radical (unpaired) electrons. The molecule has 0 saturated heterocycles. The molecule has 4 heteroatoms. The van der Waals surface area contributed by atoms with E-state index in [9.17, 15) is 4.39 Å². The predicted octanol–water partition coefficient (Wildman–Crippen LogP) is 4.51. The summed E-state index contributed by atoms with van der Waals surface area (Å²) in [6, 6.07) is 11.9. The monoisotopic (exact) mass is 304 g/mol. The third-order valence-electron chi connectivity index (χ3n) is 2.49. The standard InChI is InChI=1S/C14H10BrFN2/c1-9-2-3-12(7-14(9)15)18-13-5-10(8-17)4-11(16)6-13/h2-7,18H,1H3. The number of hydrogen-bond donors (Lipinski definition) is 1. The number of aryl methyl sites for hydroxylation is 1. The van der Waals surface area contributed by atoms with Gasteiger partial charge in [-0.1, -0.05) is 22.0 Å². The second kappa shape index (κ2) is 5.19. The van der Waals surface area contributed by atoms with Crippen LogP contribution >= 0.6 is 15.9 Å². The van der Waals surface area contributed by atoms with E-state index in [-0.39, 0.29) is 0 Å². The number of nitriles is 1. The van der Waals surface area contributed by atoms with Crippen LogP contribution in [0.25, 0.3) is 0 Å². The lowest BCUT2D eigenvalue weighted by atomic mass is 10.2. The summed E-state index contributed by atoms with van der Waals surface area (Å²) < 4.78 is 14.2. The molecule has 1 N–H and O–H groups in total. The van der Waals surface area contributed by atoms with Gasteiger partial charge in [-0.3, -0.25) is 0 Å². The molecule has 90 valence electrons. The summed E-state index contributed by atoms with van der Waals surface area (Å²) in [5, 5.41) is 11.8. The average molecular weight is 305 g/mol. The molecule has 0 spiro atoms. The Morgan fingerprint density at radius 2 is 1.94 bits per heavy atom. The van der Waals surface area contributed by atoms with Crippen molar-refractivity contribution in [3.05, 3.63) is 57.8 Å². The van der Waals surface area contributed by atoms with Crippen LogP contribution in [0.2, 0.25) is 0 Å². The maximum atomic E-state index is 13.3. The van der Waals surface area contributed by atoms with Gasteiger partial charge in [0.2, 0.25) is 0 Å². The third-order valence-corrected chi connectivity index (χ3v) is 3.34. The minimum atomic E-state index is -0.428. The van der Waals surface area contributed by atoms with Crippen molar-refractivity contribution in [3.8, 4) is 6.07 Å². The Kier molecular flexibility index (Phi) is 3.63. The lowest BCUT2D eigenvalue weighted by Crippen LogP contribution is -1.93. The molecule has 0 unspecified atom stereocenters. The maximum Gasteiger partial charge on any atom is 0.126 e. The van der Waals surface area contributed by atoms with Gasteiger partial charge in [-0.2, -0.15) is 5.26 Å². The molecule has 0 aliphatic rings. The fourth-order valence-electron chi connectivity index (χ4n) is 1.56. The molecule has 18 heavy (non-hydrogen) atoms. The van der Waals surface area contributed by atoms with Gasteiger partial charge in [0, 0.05) is 15.8 Å². The molecule has 0 atom stereocenters. The van der Waals surface area contributed by atoms with Crippen molar-refractivity contribution in [1.82, 2.24) is 0 Å². The molecular weight excluding hydrogens is 295 g/mol. The van der Waals surface area contributed by atoms with Crippen molar-refractivity contribution >= 4 is 27.3 Å². The van der Waals surface area contributed by atoms with Gasteiger partial charge in [-0.05, 0) is 42.8 Å². The number of rotatable bonds is 2. The lowest BCUT2D eigenvalue weighted by Gasteiger charge is -2.08. The van der Waals surface area contributed by atoms with Gasteiger partial charge in [0.1, 0.15) is 5.82 Å². The Hall–Kier alpha value is -1.86. The van der Waals surface area contributed by atoms with E-state index in [1.807, 2.05) is 31.2 Å². The number of hydrogen-bond acceptors (Lipinski definition) is 2. The number of nitrogens with zero attached hydrogens (tertiary/aromatic N) is 1. The maximum absolute atomic E-state index is 13.3. The fraction of sp³-hybridized carbons (Fsp3) is 0.0714. The van der Waals surface area contributed by atoms with Crippen LogP contribution in [0, 0.1) is 24.1 Å². The van der Waals surface area contributed by atoms with E-state index in [1.165, 1.54) is 12.1 Å². The van der Waals surface area contributed by atoms with Gasteiger partial charge in [0.05, 0.1) is 11.6 Å². The van der Waals surface area contributed by atoms with E-state index in [0.29, 0.717) is 11.3 Å². The third kappa shape index (κ3) is 2.88. The summed E-state index contributed by atoms with van der Waals surface area (Å²) >= 11 is 3.44. The van der Waals surface area contributed by atoms with E-state index in [1.54, 1.807) is 6.07 Å². The summed E-state index contributed by atoms with van der Waals surface area (Å²) in [4.78, 5) is 0. The van der Waals surface area contributed by atoms with Crippen LogP contribution in [0.1, 0.15) is 11.1 Å². The molecule has 2 nitrogen and oxygen atoms in total. The highest BCUT2D eigenvalue weighted by Crippen LogP contribution is 2.24. The quantitative estimate of drug-likeness (QED) is 0.886. The molecule has 0 aliphatic heterocycles. The second-order valence-corrected chi connectivity index (χ2v) is 4.78. The predicted molar refractivity (Wildman–Crippen MR) is 73.3 cm³/mol. The van der Waals surface area contributed by atoms with E-state index < -0.39 is 5.82 Å². The highest BCUT2D eigenvalue weighted by molar-refractivity contribution is 9.10. The molecule has 0 amide bonds. The van der Waals surface area contributed by atoms with Crippen molar-refractivity contribution in [1.29, 1.82) is 5.26 Å². The first-order valence-electron chi connectivity index (χ1n) is 5.32. The summed E-state index contributed by atoms with van der Waals surface area (Å²) in [6.07, 6.45) is 0. The Balaban J connectivity index is 2.31. The Morgan fingerprint density at radius 1 is 1.17 bits per heavy atom. The van der Waals surface area contributed by atoms with Gasteiger partial charge in [0.25, 0.3) is 0 Å². The first kappa shape index (κ1) is 12.6. The summed E-state index contributed by atoms with van der Waals surface area (Å²) in [6.45, 7) is 1.99. The Labute approximate surface area is 113 Å². The number of nitrogens with one attached hydrogen (secondary N) is 1. The molecule has 2 aromatic carbocycles. The normalized spacial score (nSPS) is 9.89. The van der Waals surface area contributed by atoms with Crippen molar-refractivity contribution in [3.63, 3.8) is 0 Å². The molecule has 2 aromatic rings. The number of anilines is 2. The van der Waals surface area contributed by atoms with Crippen molar-refractivity contribution in [2.45, 2.75) is 6.92 Å². The van der Waals surface area contributed by atoms with E-state index in [2.05, 4.69) is 21.2 Å². The molecular formula is C14H10BrFN2. The minimum Gasteiger partial charge on any atom is -0.355 e. The van der Waals surface area contributed by atoms with Crippen LogP contribution in [0.4, 0.5) is 15.8 Å². The van der Waals surface area contributed by atoms with E-state index in [4.69, 9.17) is 5.26 Å². The fourth-order valence-corrected chi connectivity index (χ4v) is 1.94. The van der Waals surface area contributed by atoms with Crippen molar-refractivity contribution in [2.24, 2.45) is 0 Å². The van der Waals surface area contributed by atoms with E-state index >= 15 is 0 Å². The number of benzene rings is 2.